The summed E-state index contributed by atoms with van der Waals surface area (Å²) in [6.45, 7) is 2.02. The molecule has 98 valence electrons. The molecule has 0 amide bonds. The van der Waals surface area contributed by atoms with Gasteiger partial charge in [0, 0.05) is 12.1 Å². The Hall–Kier alpha value is -0.870. The van der Waals surface area contributed by atoms with Gasteiger partial charge in [-0.2, -0.15) is 0 Å². The summed E-state index contributed by atoms with van der Waals surface area (Å²) in [6.07, 6.45) is 4.13. The fourth-order valence-electron chi connectivity index (χ4n) is 2.67. The predicted molar refractivity (Wildman–Crippen MR) is 71.4 cm³/mol. The zero-order valence-electron chi connectivity index (χ0n) is 10.6. The van der Waals surface area contributed by atoms with Crippen molar-refractivity contribution >= 4 is 9.84 Å². The molecule has 3 rings (SSSR count). The van der Waals surface area contributed by atoms with Crippen LogP contribution in [0.3, 0.4) is 0 Å². The van der Waals surface area contributed by atoms with E-state index in [-0.39, 0.29) is 11.8 Å². The second-order valence-corrected chi connectivity index (χ2v) is 7.57. The van der Waals surface area contributed by atoms with Gasteiger partial charge < -0.3 is 5.32 Å². The molecule has 18 heavy (non-hydrogen) atoms. The molecule has 1 N–H and O–H groups in total. The third kappa shape index (κ3) is 2.31. The van der Waals surface area contributed by atoms with Crippen molar-refractivity contribution in [3.05, 3.63) is 29.3 Å². The Labute approximate surface area is 109 Å². The van der Waals surface area contributed by atoms with Gasteiger partial charge in [-0.15, -0.1) is 0 Å². The molecule has 0 radical (unpaired) electrons. The normalized spacial score (nSPS) is 26.4. The zero-order chi connectivity index (χ0) is 12.8. The largest absolute Gasteiger partial charge is 0.307 e. The smallest absolute Gasteiger partial charge is 0.178 e. The SMILES string of the molecule is Cc1ccc2c(c1)C(NC1CC1)CCCS2(=O)=O. The second-order valence-electron chi connectivity index (χ2n) is 5.50. The van der Waals surface area contributed by atoms with Gasteiger partial charge in [-0.05, 0) is 44.2 Å². The first-order valence-corrected chi connectivity index (χ1v) is 8.31. The van der Waals surface area contributed by atoms with Gasteiger partial charge in [-0.3, -0.25) is 0 Å². The average molecular weight is 265 g/mol. The quantitative estimate of drug-likeness (QED) is 0.893. The molecule has 3 nitrogen and oxygen atoms in total. The molecule has 1 aliphatic carbocycles. The number of rotatable bonds is 2. The van der Waals surface area contributed by atoms with Crippen LogP contribution in [0.25, 0.3) is 0 Å². The molecule has 1 heterocycles. The van der Waals surface area contributed by atoms with E-state index in [1.807, 2.05) is 19.1 Å². The molecular formula is C14H19NO2S. The third-order valence-electron chi connectivity index (χ3n) is 3.80. The van der Waals surface area contributed by atoms with Gasteiger partial charge in [0.25, 0.3) is 0 Å². The predicted octanol–water partition coefficient (Wildman–Crippen LogP) is 2.36. The number of fused-ring (bicyclic) bond motifs is 1. The van der Waals surface area contributed by atoms with Gasteiger partial charge in [0.2, 0.25) is 0 Å². The van der Waals surface area contributed by atoms with Crippen molar-refractivity contribution in [3.63, 3.8) is 0 Å². The molecule has 1 atom stereocenters. The summed E-state index contributed by atoms with van der Waals surface area (Å²) in [7, 11) is -3.08. The Morgan fingerprint density at radius 3 is 2.72 bits per heavy atom. The Kier molecular flexibility index (Phi) is 2.94. The van der Waals surface area contributed by atoms with Crippen LogP contribution in [0.4, 0.5) is 0 Å². The molecule has 0 saturated heterocycles. The maximum absolute atomic E-state index is 12.2. The van der Waals surface area contributed by atoms with Crippen molar-refractivity contribution in [1.82, 2.24) is 5.32 Å². The molecule has 1 aliphatic heterocycles. The molecule has 1 fully saturated rings. The lowest BCUT2D eigenvalue weighted by atomic mass is 10.0. The molecule has 1 saturated carbocycles. The van der Waals surface area contributed by atoms with Crippen LogP contribution in [0, 0.1) is 6.92 Å². The first-order valence-electron chi connectivity index (χ1n) is 6.65. The molecule has 4 heteroatoms. The Bertz CT molecular complexity index is 561. The minimum atomic E-state index is -3.08. The lowest BCUT2D eigenvalue weighted by molar-refractivity contribution is 0.490. The highest BCUT2D eigenvalue weighted by molar-refractivity contribution is 7.91. The van der Waals surface area contributed by atoms with E-state index in [9.17, 15) is 8.42 Å². The van der Waals surface area contributed by atoms with Crippen molar-refractivity contribution in [2.24, 2.45) is 0 Å². The van der Waals surface area contributed by atoms with Gasteiger partial charge in [0.1, 0.15) is 0 Å². The summed E-state index contributed by atoms with van der Waals surface area (Å²) in [5.41, 5.74) is 2.12. The van der Waals surface area contributed by atoms with Crippen LogP contribution >= 0.6 is 0 Å². The molecule has 2 aliphatic rings. The van der Waals surface area contributed by atoms with Gasteiger partial charge in [-0.25, -0.2) is 8.42 Å². The number of benzene rings is 1. The Balaban J connectivity index is 2.06. The summed E-state index contributed by atoms with van der Waals surface area (Å²) < 4.78 is 24.4. The van der Waals surface area contributed by atoms with E-state index in [4.69, 9.17) is 0 Å². The van der Waals surface area contributed by atoms with E-state index >= 15 is 0 Å². The molecule has 0 aromatic heterocycles. The van der Waals surface area contributed by atoms with Crippen molar-refractivity contribution < 1.29 is 8.42 Å². The van der Waals surface area contributed by atoms with Gasteiger partial charge in [-0.1, -0.05) is 17.7 Å². The lowest BCUT2D eigenvalue weighted by Crippen LogP contribution is -2.23. The van der Waals surface area contributed by atoms with E-state index in [1.165, 1.54) is 12.8 Å². The standard InChI is InChI=1S/C14H19NO2S/c1-10-4-7-14-12(9-10)13(15-11-5-6-11)3-2-8-18(14,16)17/h4,7,9,11,13,15H,2-3,5-6,8H2,1H3. The van der Waals surface area contributed by atoms with Gasteiger partial charge in [0.15, 0.2) is 9.84 Å². The van der Waals surface area contributed by atoms with Crippen LogP contribution in [0.1, 0.15) is 42.9 Å². The topological polar surface area (TPSA) is 46.2 Å². The molecule has 0 spiro atoms. The number of hydrogen-bond acceptors (Lipinski definition) is 3. The summed E-state index contributed by atoms with van der Waals surface area (Å²) in [6, 6.07) is 6.54. The van der Waals surface area contributed by atoms with Crippen molar-refractivity contribution in [1.29, 1.82) is 0 Å². The Morgan fingerprint density at radius 2 is 2.00 bits per heavy atom. The molecule has 0 bridgehead atoms. The average Bonchev–Trinajstić information content (AvgIpc) is 3.10. The van der Waals surface area contributed by atoms with E-state index < -0.39 is 9.84 Å². The van der Waals surface area contributed by atoms with Gasteiger partial charge >= 0.3 is 0 Å². The summed E-state index contributed by atoms with van der Waals surface area (Å²) in [5.74, 6) is 0.284. The summed E-state index contributed by atoms with van der Waals surface area (Å²) >= 11 is 0. The fourth-order valence-corrected chi connectivity index (χ4v) is 4.28. The number of hydrogen-bond donors (Lipinski definition) is 1. The van der Waals surface area contributed by atoms with Crippen LogP contribution in [0.15, 0.2) is 23.1 Å². The second kappa shape index (κ2) is 4.35. The van der Waals surface area contributed by atoms with Crippen LogP contribution in [-0.4, -0.2) is 20.2 Å². The molecular weight excluding hydrogens is 246 g/mol. The molecule has 1 aromatic carbocycles. The van der Waals surface area contributed by atoms with Gasteiger partial charge in [0.05, 0.1) is 10.6 Å². The van der Waals surface area contributed by atoms with Crippen LogP contribution in [0.2, 0.25) is 0 Å². The van der Waals surface area contributed by atoms with E-state index in [0.717, 1.165) is 24.0 Å². The minimum absolute atomic E-state index is 0.213. The fraction of sp³-hybridized carbons (Fsp3) is 0.571. The van der Waals surface area contributed by atoms with Crippen molar-refractivity contribution in [2.45, 2.75) is 49.6 Å². The highest BCUT2D eigenvalue weighted by Gasteiger charge is 2.31. The van der Waals surface area contributed by atoms with Crippen molar-refractivity contribution in [2.75, 3.05) is 5.75 Å². The third-order valence-corrected chi connectivity index (χ3v) is 5.66. The van der Waals surface area contributed by atoms with Crippen LogP contribution < -0.4 is 5.32 Å². The monoisotopic (exact) mass is 265 g/mol. The number of aryl methyl sites for hydroxylation is 1. The number of sulfone groups is 1. The highest BCUT2D eigenvalue weighted by atomic mass is 32.2. The van der Waals surface area contributed by atoms with E-state index in [0.29, 0.717) is 10.9 Å². The first-order chi connectivity index (χ1) is 8.56. The van der Waals surface area contributed by atoms with E-state index in [1.54, 1.807) is 6.07 Å². The number of nitrogens with one attached hydrogen (secondary N) is 1. The summed E-state index contributed by atoms with van der Waals surface area (Å²) in [4.78, 5) is 0.545. The van der Waals surface area contributed by atoms with Crippen LogP contribution in [-0.2, 0) is 9.84 Å². The van der Waals surface area contributed by atoms with E-state index in [2.05, 4.69) is 5.32 Å². The van der Waals surface area contributed by atoms with Crippen molar-refractivity contribution in [3.8, 4) is 0 Å². The maximum atomic E-state index is 12.2. The zero-order valence-corrected chi connectivity index (χ0v) is 11.5. The molecule has 1 aromatic rings. The lowest BCUT2D eigenvalue weighted by Gasteiger charge is -2.19. The summed E-state index contributed by atoms with van der Waals surface area (Å²) in [5, 5.41) is 3.59. The Morgan fingerprint density at radius 1 is 1.22 bits per heavy atom. The first kappa shape index (κ1) is 12.2. The minimum Gasteiger partial charge on any atom is -0.307 e. The van der Waals surface area contributed by atoms with Crippen LogP contribution in [0.5, 0.6) is 0 Å². The highest BCUT2D eigenvalue weighted by Crippen LogP contribution is 2.34. The maximum Gasteiger partial charge on any atom is 0.178 e. The molecule has 1 unspecified atom stereocenters.